The second kappa shape index (κ2) is 9.34. The highest BCUT2D eigenvalue weighted by molar-refractivity contribution is 5.74. The summed E-state index contributed by atoms with van der Waals surface area (Å²) in [7, 11) is 0. The molecular formula is C18H30N2O2. The number of ether oxygens (including phenoxy) is 1. The van der Waals surface area contributed by atoms with Crippen molar-refractivity contribution < 1.29 is 9.53 Å². The van der Waals surface area contributed by atoms with Gasteiger partial charge in [0.1, 0.15) is 5.75 Å². The molecule has 1 rings (SSSR count). The van der Waals surface area contributed by atoms with E-state index in [1.807, 2.05) is 29.2 Å². The second-order valence-corrected chi connectivity index (χ2v) is 6.42. The maximum atomic E-state index is 12.3. The van der Waals surface area contributed by atoms with E-state index in [1.54, 1.807) is 0 Å². The van der Waals surface area contributed by atoms with Gasteiger partial charge in [0.25, 0.3) is 0 Å². The molecule has 0 aliphatic heterocycles. The Balaban J connectivity index is 2.52. The molecule has 4 nitrogen and oxygen atoms in total. The Labute approximate surface area is 134 Å². The zero-order valence-corrected chi connectivity index (χ0v) is 14.6. The molecule has 1 N–H and O–H groups in total. The van der Waals surface area contributed by atoms with Gasteiger partial charge in [-0.15, -0.1) is 0 Å². The van der Waals surface area contributed by atoms with Crippen molar-refractivity contribution >= 4 is 6.03 Å². The van der Waals surface area contributed by atoms with Crippen LogP contribution in [0.3, 0.4) is 0 Å². The lowest BCUT2D eigenvalue weighted by Gasteiger charge is -2.26. The van der Waals surface area contributed by atoms with Gasteiger partial charge in [-0.3, -0.25) is 0 Å². The van der Waals surface area contributed by atoms with Crippen molar-refractivity contribution in [1.29, 1.82) is 0 Å². The number of benzene rings is 1. The molecule has 2 amide bonds. The molecule has 0 atom stereocenters. The summed E-state index contributed by atoms with van der Waals surface area (Å²) in [4.78, 5) is 14.2. The molecule has 0 aromatic heterocycles. The fourth-order valence-electron chi connectivity index (χ4n) is 2.35. The fraction of sp³-hybridized carbons (Fsp3) is 0.611. The lowest BCUT2D eigenvalue weighted by Crippen LogP contribution is -2.44. The van der Waals surface area contributed by atoms with Gasteiger partial charge in [0, 0.05) is 13.1 Å². The van der Waals surface area contributed by atoms with Gasteiger partial charge < -0.3 is 15.0 Å². The number of carbonyl (C=O) groups is 1. The molecule has 22 heavy (non-hydrogen) atoms. The van der Waals surface area contributed by atoms with Crippen molar-refractivity contribution in [3.63, 3.8) is 0 Å². The Bertz CT molecular complexity index is 448. The molecule has 1 aromatic carbocycles. The van der Waals surface area contributed by atoms with E-state index in [-0.39, 0.29) is 12.8 Å². The van der Waals surface area contributed by atoms with Crippen molar-refractivity contribution in [2.75, 3.05) is 19.8 Å². The Morgan fingerprint density at radius 1 is 1.14 bits per heavy atom. The van der Waals surface area contributed by atoms with Crippen LogP contribution < -0.4 is 10.1 Å². The molecule has 0 aliphatic carbocycles. The summed E-state index contributed by atoms with van der Waals surface area (Å²) < 4.78 is 5.70. The Hall–Kier alpha value is -1.71. The monoisotopic (exact) mass is 306 g/mol. The van der Waals surface area contributed by atoms with E-state index >= 15 is 0 Å². The van der Waals surface area contributed by atoms with Crippen LogP contribution >= 0.6 is 0 Å². The van der Waals surface area contributed by atoms with Crippen LogP contribution in [0.4, 0.5) is 4.79 Å². The average Bonchev–Trinajstić information content (AvgIpc) is 2.46. The molecule has 0 saturated carbocycles. The van der Waals surface area contributed by atoms with Crippen LogP contribution in [-0.2, 0) is 6.42 Å². The van der Waals surface area contributed by atoms with Crippen LogP contribution in [-0.4, -0.2) is 30.8 Å². The summed E-state index contributed by atoms with van der Waals surface area (Å²) in [6, 6.07) is 7.86. The minimum atomic E-state index is -0.0589. The fourth-order valence-corrected chi connectivity index (χ4v) is 2.35. The average molecular weight is 306 g/mol. The standard InChI is InChI=1S/C18H30N2O2/c1-6-16-9-7-8-10-17(16)22-13-19-18(21)20(11-14(2)3)12-15(4)5/h7-10,14-15H,6,11-13H2,1-5H3,(H,19,21). The highest BCUT2D eigenvalue weighted by Crippen LogP contribution is 2.17. The molecule has 0 unspecified atom stereocenters. The highest BCUT2D eigenvalue weighted by atomic mass is 16.5. The van der Waals surface area contributed by atoms with E-state index in [4.69, 9.17) is 4.74 Å². The first kappa shape index (κ1) is 18.3. The van der Waals surface area contributed by atoms with Crippen molar-refractivity contribution in [1.82, 2.24) is 10.2 Å². The lowest BCUT2D eigenvalue weighted by atomic mass is 10.1. The van der Waals surface area contributed by atoms with Gasteiger partial charge in [0.2, 0.25) is 0 Å². The zero-order chi connectivity index (χ0) is 16.5. The zero-order valence-electron chi connectivity index (χ0n) is 14.6. The predicted molar refractivity (Wildman–Crippen MR) is 91.1 cm³/mol. The van der Waals surface area contributed by atoms with Crippen molar-refractivity contribution in [3.05, 3.63) is 29.8 Å². The smallest absolute Gasteiger partial charge is 0.320 e. The molecule has 0 radical (unpaired) electrons. The summed E-state index contributed by atoms with van der Waals surface area (Å²) in [6.45, 7) is 12.3. The number of rotatable bonds is 8. The van der Waals surface area contributed by atoms with Gasteiger partial charge in [-0.2, -0.15) is 0 Å². The number of nitrogens with zero attached hydrogens (tertiary/aromatic N) is 1. The summed E-state index contributed by atoms with van der Waals surface area (Å²) in [5.74, 6) is 1.74. The molecule has 4 heteroatoms. The maximum Gasteiger partial charge on any atom is 0.320 e. The van der Waals surface area contributed by atoms with Crippen LogP contribution in [0.2, 0.25) is 0 Å². The van der Waals surface area contributed by atoms with Gasteiger partial charge in [-0.25, -0.2) is 4.79 Å². The molecule has 0 fully saturated rings. The number of nitrogens with one attached hydrogen (secondary N) is 1. The summed E-state index contributed by atoms with van der Waals surface area (Å²) in [5, 5.41) is 2.86. The van der Waals surface area contributed by atoms with E-state index in [0.29, 0.717) is 11.8 Å². The number of hydrogen-bond acceptors (Lipinski definition) is 2. The number of para-hydroxylation sites is 1. The molecule has 0 saturated heterocycles. The molecule has 124 valence electrons. The number of urea groups is 1. The second-order valence-electron chi connectivity index (χ2n) is 6.42. The molecule has 0 aliphatic rings. The third-order valence-electron chi connectivity index (χ3n) is 3.26. The third kappa shape index (κ3) is 6.37. The number of aryl methyl sites for hydroxylation is 1. The van der Waals surface area contributed by atoms with Gasteiger partial charge in [-0.05, 0) is 29.9 Å². The lowest BCUT2D eigenvalue weighted by molar-refractivity contribution is 0.171. The van der Waals surface area contributed by atoms with E-state index in [2.05, 4.69) is 39.9 Å². The minimum absolute atomic E-state index is 0.0589. The van der Waals surface area contributed by atoms with E-state index < -0.39 is 0 Å². The topological polar surface area (TPSA) is 41.6 Å². The van der Waals surface area contributed by atoms with E-state index in [9.17, 15) is 4.79 Å². The molecule has 1 aromatic rings. The highest BCUT2D eigenvalue weighted by Gasteiger charge is 2.15. The van der Waals surface area contributed by atoms with Crippen LogP contribution in [0.25, 0.3) is 0 Å². The minimum Gasteiger partial charge on any atom is -0.473 e. The first-order valence-corrected chi connectivity index (χ1v) is 8.17. The SMILES string of the molecule is CCc1ccccc1OCNC(=O)N(CC(C)C)CC(C)C. The van der Waals surface area contributed by atoms with Gasteiger partial charge in [-0.1, -0.05) is 52.8 Å². The summed E-state index contributed by atoms with van der Waals surface area (Å²) in [6.07, 6.45) is 0.914. The maximum absolute atomic E-state index is 12.3. The van der Waals surface area contributed by atoms with E-state index in [0.717, 1.165) is 30.8 Å². The number of carbonyl (C=O) groups excluding carboxylic acids is 1. The number of amides is 2. The van der Waals surface area contributed by atoms with Crippen LogP contribution in [0.1, 0.15) is 40.2 Å². The van der Waals surface area contributed by atoms with Crippen LogP contribution in [0, 0.1) is 11.8 Å². The summed E-state index contributed by atoms with van der Waals surface area (Å²) in [5.41, 5.74) is 1.15. The normalized spacial score (nSPS) is 10.9. The Morgan fingerprint density at radius 2 is 1.73 bits per heavy atom. The Kier molecular flexibility index (Phi) is 7.78. The van der Waals surface area contributed by atoms with Crippen molar-refractivity contribution in [3.8, 4) is 5.75 Å². The summed E-state index contributed by atoms with van der Waals surface area (Å²) >= 11 is 0. The van der Waals surface area contributed by atoms with Crippen LogP contribution in [0.5, 0.6) is 5.75 Å². The van der Waals surface area contributed by atoms with Gasteiger partial charge in [0.15, 0.2) is 6.73 Å². The first-order chi connectivity index (χ1) is 10.4. The first-order valence-electron chi connectivity index (χ1n) is 8.17. The molecule has 0 bridgehead atoms. The molecule has 0 spiro atoms. The third-order valence-corrected chi connectivity index (χ3v) is 3.26. The van der Waals surface area contributed by atoms with E-state index in [1.165, 1.54) is 0 Å². The molecular weight excluding hydrogens is 276 g/mol. The molecule has 0 heterocycles. The predicted octanol–water partition coefficient (Wildman–Crippen LogP) is 3.91. The van der Waals surface area contributed by atoms with Gasteiger partial charge >= 0.3 is 6.03 Å². The van der Waals surface area contributed by atoms with Crippen molar-refractivity contribution in [2.45, 2.75) is 41.0 Å². The largest absolute Gasteiger partial charge is 0.473 e. The number of hydrogen-bond donors (Lipinski definition) is 1. The quantitative estimate of drug-likeness (QED) is 0.740. The Morgan fingerprint density at radius 3 is 2.27 bits per heavy atom. The van der Waals surface area contributed by atoms with Crippen LogP contribution in [0.15, 0.2) is 24.3 Å². The van der Waals surface area contributed by atoms with Crippen molar-refractivity contribution in [2.24, 2.45) is 11.8 Å². The van der Waals surface area contributed by atoms with Gasteiger partial charge in [0.05, 0.1) is 0 Å².